The van der Waals surface area contributed by atoms with E-state index < -0.39 is 0 Å². The highest BCUT2D eigenvalue weighted by molar-refractivity contribution is 7.18. The van der Waals surface area contributed by atoms with Gasteiger partial charge in [-0.05, 0) is 59.8 Å². The summed E-state index contributed by atoms with van der Waals surface area (Å²) in [6.07, 6.45) is 3.55. The van der Waals surface area contributed by atoms with E-state index in [0.29, 0.717) is 11.5 Å². The first kappa shape index (κ1) is 20.7. The monoisotopic (exact) mass is 451 g/mol. The van der Waals surface area contributed by atoms with Crippen LogP contribution in [0, 0.1) is 6.92 Å². The van der Waals surface area contributed by atoms with Gasteiger partial charge in [0, 0.05) is 45.0 Å². The number of rotatable bonds is 4. The molecule has 162 valence electrons. The number of urea groups is 1. The summed E-state index contributed by atoms with van der Waals surface area (Å²) in [6.45, 7) is 1.98. The number of nitrogens with two attached hydrogens (primary N) is 1. The van der Waals surface area contributed by atoms with Crippen molar-refractivity contribution in [2.75, 3.05) is 16.4 Å². The van der Waals surface area contributed by atoms with Crippen LogP contribution in [0.3, 0.4) is 0 Å². The minimum absolute atomic E-state index is 0.289. The number of carbonyl (C=O) groups excluding carboxylic acids is 1. The molecular formula is C26H21N5OS. The summed E-state index contributed by atoms with van der Waals surface area (Å²) in [5.41, 5.74) is 12.6. The van der Waals surface area contributed by atoms with Crippen LogP contribution in [0.25, 0.3) is 32.5 Å². The first-order valence-corrected chi connectivity index (χ1v) is 11.3. The van der Waals surface area contributed by atoms with Crippen molar-refractivity contribution in [3.63, 3.8) is 0 Å². The molecule has 0 aliphatic carbocycles. The lowest BCUT2D eigenvalue weighted by atomic mass is 10.0. The van der Waals surface area contributed by atoms with Crippen molar-refractivity contribution in [2.45, 2.75) is 6.92 Å². The fraction of sp³-hybridized carbons (Fsp3) is 0.0385. The number of carbonyl (C=O) groups is 1. The second-order valence-electron chi connectivity index (χ2n) is 7.65. The van der Waals surface area contributed by atoms with Crippen LogP contribution in [0.1, 0.15) is 5.56 Å². The third-order valence-corrected chi connectivity index (χ3v) is 6.31. The number of thiophene rings is 1. The van der Waals surface area contributed by atoms with Crippen LogP contribution >= 0.6 is 11.3 Å². The van der Waals surface area contributed by atoms with Gasteiger partial charge in [0.1, 0.15) is 5.82 Å². The first-order chi connectivity index (χ1) is 16.1. The molecule has 0 aliphatic rings. The summed E-state index contributed by atoms with van der Waals surface area (Å²) in [4.78, 5) is 21.2. The van der Waals surface area contributed by atoms with E-state index in [0.717, 1.165) is 43.7 Å². The number of hydrogen-bond donors (Lipinski definition) is 3. The van der Waals surface area contributed by atoms with Crippen LogP contribution in [0.4, 0.5) is 22.0 Å². The molecule has 3 aromatic heterocycles. The Labute approximate surface area is 195 Å². The van der Waals surface area contributed by atoms with Crippen molar-refractivity contribution < 1.29 is 4.79 Å². The molecule has 0 aliphatic heterocycles. The van der Waals surface area contributed by atoms with E-state index >= 15 is 0 Å². The SMILES string of the molecule is Cc1cccc(NC(=O)Nc2ccc(-c3csc4c(-c5ccccn5)cnc(N)c34)cc2)c1. The highest BCUT2D eigenvalue weighted by Gasteiger charge is 2.15. The van der Waals surface area contributed by atoms with Gasteiger partial charge in [-0.15, -0.1) is 11.3 Å². The van der Waals surface area contributed by atoms with Crippen LogP contribution in [-0.2, 0) is 0 Å². The first-order valence-electron chi connectivity index (χ1n) is 10.4. The van der Waals surface area contributed by atoms with Gasteiger partial charge < -0.3 is 16.4 Å². The van der Waals surface area contributed by atoms with E-state index in [4.69, 9.17) is 5.73 Å². The second kappa shape index (κ2) is 8.72. The van der Waals surface area contributed by atoms with E-state index in [1.54, 1.807) is 23.7 Å². The Bertz CT molecular complexity index is 1450. The zero-order valence-electron chi connectivity index (χ0n) is 17.9. The quantitative estimate of drug-likeness (QED) is 0.288. The lowest BCUT2D eigenvalue weighted by molar-refractivity contribution is 0.262. The molecule has 4 N–H and O–H groups in total. The van der Waals surface area contributed by atoms with E-state index in [1.807, 2.05) is 73.7 Å². The molecule has 0 atom stereocenters. The van der Waals surface area contributed by atoms with Crippen molar-refractivity contribution in [3.8, 4) is 22.4 Å². The summed E-state index contributed by atoms with van der Waals surface area (Å²) in [5.74, 6) is 0.487. The molecule has 0 bridgehead atoms. The number of aromatic nitrogens is 2. The summed E-state index contributed by atoms with van der Waals surface area (Å²) >= 11 is 1.62. The lowest BCUT2D eigenvalue weighted by Gasteiger charge is -2.09. The van der Waals surface area contributed by atoms with Crippen molar-refractivity contribution in [1.82, 2.24) is 9.97 Å². The normalized spacial score (nSPS) is 10.8. The third-order valence-electron chi connectivity index (χ3n) is 5.30. The number of nitrogens with one attached hydrogen (secondary N) is 2. The number of nitrogens with zero attached hydrogens (tertiary/aromatic N) is 2. The Morgan fingerprint density at radius 2 is 1.73 bits per heavy atom. The Morgan fingerprint density at radius 3 is 2.48 bits per heavy atom. The minimum atomic E-state index is -0.289. The standard InChI is InChI=1S/C26H21N5OS/c1-16-5-4-6-19(13-16)31-26(32)30-18-10-8-17(9-11-18)21-15-33-24-20(14-29-25(27)23(21)24)22-7-2-3-12-28-22/h2-15H,1H3,(H2,27,29)(H2,30,31,32). The van der Waals surface area contributed by atoms with Crippen molar-refractivity contribution in [1.29, 1.82) is 0 Å². The minimum Gasteiger partial charge on any atom is -0.383 e. The third kappa shape index (κ3) is 4.26. The highest BCUT2D eigenvalue weighted by atomic mass is 32.1. The number of aryl methyl sites for hydroxylation is 1. The molecule has 2 amide bonds. The second-order valence-corrected chi connectivity index (χ2v) is 8.53. The number of anilines is 3. The van der Waals surface area contributed by atoms with Gasteiger partial charge in [0.2, 0.25) is 0 Å². The molecule has 3 heterocycles. The molecule has 0 radical (unpaired) electrons. The summed E-state index contributed by atoms with van der Waals surface area (Å²) in [7, 11) is 0. The molecule has 0 fully saturated rings. The molecule has 5 rings (SSSR count). The van der Waals surface area contributed by atoms with Gasteiger partial charge in [-0.2, -0.15) is 0 Å². The maximum absolute atomic E-state index is 12.3. The van der Waals surface area contributed by atoms with Crippen molar-refractivity contribution >= 4 is 44.6 Å². The van der Waals surface area contributed by atoms with Gasteiger partial charge in [-0.1, -0.05) is 30.3 Å². The molecule has 5 aromatic rings. The molecule has 7 heteroatoms. The van der Waals surface area contributed by atoms with E-state index in [2.05, 4.69) is 26.0 Å². The zero-order valence-corrected chi connectivity index (χ0v) is 18.7. The fourth-order valence-electron chi connectivity index (χ4n) is 3.73. The van der Waals surface area contributed by atoms with E-state index in [9.17, 15) is 4.79 Å². The Hall–Kier alpha value is -4.23. The largest absolute Gasteiger partial charge is 0.383 e. The fourth-order valence-corrected chi connectivity index (χ4v) is 4.84. The summed E-state index contributed by atoms with van der Waals surface area (Å²) in [5, 5.41) is 8.72. The van der Waals surface area contributed by atoms with Gasteiger partial charge >= 0.3 is 6.03 Å². The maximum atomic E-state index is 12.3. The number of amides is 2. The molecule has 2 aromatic carbocycles. The van der Waals surface area contributed by atoms with Gasteiger partial charge in [0.25, 0.3) is 0 Å². The summed E-state index contributed by atoms with van der Waals surface area (Å²) in [6, 6.07) is 20.9. The molecular weight excluding hydrogens is 430 g/mol. The van der Waals surface area contributed by atoms with Crippen LogP contribution in [0.2, 0.25) is 0 Å². The molecule has 0 unspecified atom stereocenters. The van der Waals surface area contributed by atoms with E-state index in [1.165, 1.54) is 0 Å². The molecule has 0 spiro atoms. The smallest absolute Gasteiger partial charge is 0.323 e. The molecule has 0 saturated heterocycles. The molecule has 33 heavy (non-hydrogen) atoms. The lowest BCUT2D eigenvalue weighted by Crippen LogP contribution is -2.19. The number of pyridine rings is 2. The van der Waals surface area contributed by atoms with Crippen LogP contribution in [0.15, 0.2) is 84.5 Å². The van der Waals surface area contributed by atoms with Gasteiger partial charge in [0.15, 0.2) is 0 Å². The average molecular weight is 452 g/mol. The average Bonchev–Trinajstić information content (AvgIpc) is 3.26. The maximum Gasteiger partial charge on any atom is 0.323 e. The summed E-state index contributed by atoms with van der Waals surface area (Å²) < 4.78 is 1.05. The Kier molecular flexibility index (Phi) is 5.46. The highest BCUT2D eigenvalue weighted by Crippen LogP contribution is 2.41. The Morgan fingerprint density at radius 1 is 0.909 bits per heavy atom. The van der Waals surface area contributed by atoms with Crippen LogP contribution in [0.5, 0.6) is 0 Å². The topological polar surface area (TPSA) is 92.9 Å². The van der Waals surface area contributed by atoms with E-state index in [-0.39, 0.29) is 6.03 Å². The van der Waals surface area contributed by atoms with Crippen LogP contribution in [-0.4, -0.2) is 16.0 Å². The Balaban J connectivity index is 1.40. The van der Waals surface area contributed by atoms with Crippen molar-refractivity contribution in [3.05, 3.63) is 90.1 Å². The molecule has 6 nitrogen and oxygen atoms in total. The number of fused-ring (bicyclic) bond motifs is 1. The van der Waals surface area contributed by atoms with Crippen LogP contribution < -0.4 is 16.4 Å². The van der Waals surface area contributed by atoms with Gasteiger partial charge in [-0.25, -0.2) is 9.78 Å². The zero-order chi connectivity index (χ0) is 22.8. The van der Waals surface area contributed by atoms with Crippen molar-refractivity contribution in [2.24, 2.45) is 0 Å². The number of hydrogen-bond acceptors (Lipinski definition) is 5. The predicted octanol–water partition coefficient (Wildman–Crippen LogP) is 6.56. The molecule has 0 saturated carbocycles. The van der Waals surface area contributed by atoms with Gasteiger partial charge in [0.05, 0.1) is 5.69 Å². The number of benzene rings is 2. The number of nitrogen functional groups attached to an aromatic ring is 1. The van der Waals surface area contributed by atoms with Gasteiger partial charge in [-0.3, -0.25) is 4.98 Å². The predicted molar refractivity (Wildman–Crippen MR) is 137 cm³/mol.